The van der Waals surface area contributed by atoms with Crippen molar-refractivity contribution in [2.45, 2.75) is 30.7 Å². The first-order valence-electron chi connectivity index (χ1n) is 7.10. The van der Waals surface area contributed by atoms with Crippen molar-refractivity contribution < 1.29 is 8.42 Å². The molecular weight excluding hydrogens is 286 g/mol. The average Bonchev–Trinajstić information content (AvgIpc) is 3.30. The quantitative estimate of drug-likeness (QED) is 0.889. The van der Waals surface area contributed by atoms with Crippen molar-refractivity contribution in [2.75, 3.05) is 12.4 Å². The van der Waals surface area contributed by atoms with Crippen molar-refractivity contribution in [1.29, 1.82) is 0 Å². The minimum Gasteiger partial charge on any atom is -0.373 e. The lowest BCUT2D eigenvalue weighted by Crippen LogP contribution is -2.33. The second-order valence-corrected chi connectivity index (χ2v) is 7.26. The van der Waals surface area contributed by atoms with Crippen molar-refractivity contribution >= 4 is 26.7 Å². The Balaban J connectivity index is 1.92. The molecule has 5 nitrogen and oxygen atoms in total. The lowest BCUT2D eigenvalue weighted by atomic mass is 10.2. The van der Waals surface area contributed by atoms with E-state index in [-0.39, 0.29) is 6.04 Å². The summed E-state index contributed by atoms with van der Waals surface area (Å²) in [7, 11) is -1.66. The van der Waals surface area contributed by atoms with Gasteiger partial charge in [0.25, 0.3) is 0 Å². The summed E-state index contributed by atoms with van der Waals surface area (Å²) in [4.78, 5) is 4.68. The number of nitrogens with zero attached hydrogens (tertiary/aromatic N) is 1. The Hall–Kier alpha value is -1.66. The van der Waals surface area contributed by atoms with Gasteiger partial charge >= 0.3 is 0 Å². The van der Waals surface area contributed by atoms with E-state index < -0.39 is 10.0 Å². The van der Waals surface area contributed by atoms with Gasteiger partial charge in [0.15, 0.2) is 0 Å². The van der Waals surface area contributed by atoms with Gasteiger partial charge < -0.3 is 5.32 Å². The van der Waals surface area contributed by atoms with Crippen LogP contribution in [0.1, 0.15) is 19.8 Å². The summed E-state index contributed by atoms with van der Waals surface area (Å²) < 4.78 is 27.6. The Labute approximate surface area is 124 Å². The minimum atomic E-state index is -3.47. The first kappa shape index (κ1) is 14.3. The van der Waals surface area contributed by atoms with E-state index in [1.165, 1.54) is 0 Å². The predicted octanol–water partition coefficient (Wildman–Crippen LogP) is 2.35. The monoisotopic (exact) mass is 305 g/mol. The Kier molecular flexibility index (Phi) is 3.59. The molecule has 0 radical (unpaired) electrons. The number of hydrogen-bond acceptors (Lipinski definition) is 4. The van der Waals surface area contributed by atoms with Gasteiger partial charge in [-0.25, -0.2) is 18.1 Å². The normalized spacial score (nSPS) is 16.9. The maximum absolute atomic E-state index is 12.4. The molecule has 1 saturated carbocycles. The third kappa shape index (κ3) is 3.01. The Bertz CT molecular complexity index is 770. The van der Waals surface area contributed by atoms with E-state index in [0.29, 0.717) is 10.8 Å². The van der Waals surface area contributed by atoms with E-state index in [2.05, 4.69) is 15.0 Å². The molecule has 6 heteroatoms. The van der Waals surface area contributed by atoms with Crippen LogP contribution < -0.4 is 10.0 Å². The van der Waals surface area contributed by atoms with Crippen LogP contribution in [-0.4, -0.2) is 26.5 Å². The summed E-state index contributed by atoms with van der Waals surface area (Å²) >= 11 is 0. The van der Waals surface area contributed by atoms with E-state index in [9.17, 15) is 8.42 Å². The second kappa shape index (κ2) is 5.27. The highest BCUT2D eigenvalue weighted by atomic mass is 32.2. The maximum atomic E-state index is 12.4. The number of benzene rings is 1. The van der Waals surface area contributed by atoms with Crippen LogP contribution in [0.4, 0.5) is 5.82 Å². The van der Waals surface area contributed by atoms with E-state index in [1.54, 1.807) is 25.2 Å². The van der Waals surface area contributed by atoms with Crippen LogP contribution in [0.25, 0.3) is 10.9 Å². The van der Waals surface area contributed by atoms with Gasteiger partial charge in [-0.3, -0.25) is 0 Å². The number of nitrogens with one attached hydrogen (secondary N) is 2. The Morgan fingerprint density at radius 3 is 2.67 bits per heavy atom. The van der Waals surface area contributed by atoms with Crippen molar-refractivity contribution in [1.82, 2.24) is 9.71 Å². The SMILES string of the molecule is CNc1ccc2cc(S(=O)(=O)NC(C)C3CC3)ccc2n1. The average molecular weight is 305 g/mol. The fourth-order valence-electron chi connectivity index (χ4n) is 2.42. The van der Waals surface area contributed by atoms with E-state index in [4.69, 9.17) is 0 Å². The fourth-order valence-corrected chi connectivity index (χ4v) is 3.76. The number of sulfonamides is 1. The van der Waals surface area contributed by atoms with Crippen LogP contribution in [0, 0.1) is 5.92 Å². The van der Waals surface area contributed by atoms with Gasteiger partial charge in [0.1, 0.15) is 5.82 Å². The largest absolute Gasteiger partial charge is 0.373 e. The van der Waals surface area contributed by atoms with Crippen LogP contribution in [-0.2, 0) is 10.0 Å². The molecule has 1 unspecified atom stereocenters. The van der Waals surface area contributed by atoms with Gasteiger partial charge in [-0.15, -0.1) is 0 Å². The Morgan fingerprint density at radius 1 is 1.24 bits per heavy atom. The summed E-state index contributed by atoms with van der Waals surface area (Å²) in [6.07, 6.45) is 2.22. The zero-order chi connectivity index (χ0) is 15.0. The molecular formula is C15H19N3O2S. The highest BCUT2D eigenvalue weighted by Crippen LogP contribution is 2.33. The molecule has 2 aromatic rings. The highest BCUT2D eigenvalue weighted by molar-refractivity contribution is 7.89. The number of anilines is 1. The molecule has 1 heterocycles. The fraction of sp³-hybridized carbons (Fsp3) is 0.400. The molecule has 0 bridgehead atoms. The van der Waals surface area contributed by atoms with Crippen LogP contribution in [0.3, 0.4) is 0 Å². The standard InChI is InChI=1S/C15H19N3O2S/c1-10(11-3-4-11)18-21(19,20)13-6-7-14-12(9-13)5-8-15(16-2)17-14/h5-11,18H,3-4H2,1-2H3,(H,16,17). The number of pyridine rings is 1. The van der Waals surface area contributed by atoms with Crippen molar-refractivity contribution in [2.24, 2.45) is 5.92 Å². The van der Waals surface area contributed by atoms with E-state index in [1.807, 2.05) is 19.1 Å². The van der Waals surface area contributed by atoms with Crippen molar-refractivity contribution in [3.63, 3.8) is 0 Å². The van der Waals surface area contributed by atoms with Crippen LogP contribution in [0.2, 0.25) is 0 Å². The lowest BCUT2D eigenvalue weighted by molar-refractivity contribution is 0.538. The minimum absolute atomic E-state index is 0.00418. The van der Waals surface area contributed by atoms with E-state index in [0.717, 1.165) is 29.6 Å². The van der Waals surface area contributed by atoms with Crippen LogP contribution in [0.15, 0.2) is 35.2 Å². The first-order chi connectivity index (χ1) is 9.99. The molecule has 2 N–H and O–H groups in total. The topological polar surface area (TPSA) is 71.1 Å². The lowest BCUT2D eigenvalue weighted by Gasteiger charge is -2.13. The maximum Gasteiger partial charge on any atom is 0.240 e. The van der Waals surface area contributed by atoms with Gasteiger partial charge in [-0.2, -0.15) is 0 Å². The molecule has 0 aliphatic heterocycles. The number of hydrogen-bond donors (Lipinski definition) is 2. The zero-order valence-electron chi connectivity index (χ0n) is 12.1. The summed E-state index contributed by atoms with van der Waals surface area (Å²) in [5.41, 5.74) is 0.774. The molecule has 3 rings (SSSR count). The third-order valence-electron chi connectivity index (χ3n) is 3.90. The molecule has 0 saturated heterocycles. The molecule has 1 fully saturated rings. The smallest absolute Gasteiger partial charge is 0.240 e. The van der Waals surface area contributed by atoms with E-state index >= 15 is 0 Å². The summed E-state index contributed by atoms with van der Waals surface area (Å²) in [5.74, 6) is 1.25. The molecule has 1 aromatic carbocycles. The second-order valence-electron chi connectivity index (χ2n) is 5.55. The molecule has 21 heavy (non-hydrogen) atoms. The number of aromatic nitrogens is 1. The first-order valence-corrected chi connectivity index (χ1v) is 8.59. The van der Waals surface area contributed by atoms with Gasteiger partial charge in [0.2, 0.25) is 10.0 Å². The highest BCUT2D eigenvalue weighted by Gasteiger charge is 2.31. The van der Waals surface area contributed by atoms with Crippen LogP contribution >= 0.6 is 0 Å². The molecule has 1 aliphatic carbocycles. The van der Waals surface area contributed by atoms with Crippen molar-refractivity contribution in [3.8, 4) is 0 Å². The summed E-state index contributed by atoms with van der Waals surface area (Å²) in [6.45, 7) is 1.93. The number of fused-ring (bicyclic) bond motifs is 1. The Morgan fingerprint density at radius 2 is 2.00 bits per heavy atom. The zero-order valence-corrected chi connectivity index (χ0v) is 12.9. The van der Waals surface area contributed by atoms with Crippen molar-refractivity contribution in [3.05, 3.63) is 30.3 Å². The molecule has 1 atom stereocenters. The molecule has 1 aliphatic rings. The van der Waals surface area contributed by atoms with Gasteiger partial charge in [0, 0.05) is 18.5 Å². The molecule has 1 aromatic heterocycles. The summed E-state index contributed by atoms with van der Waals surface area (Å²) in [5, 5.41) is 3.78. The third-order valence-corrected chi connectivity index (χ3v) is 5.45. The van der Waals surface area contributed by atoms with Crippen LogP contribution in [0.5, 0.6) is 0 Å². The predicted molar refractivity (Wildman–Crippen MR) is 83.8 cm³/mol. The summed E-state index contributed by atoms with van der Waals surface area (Å²) in [6, 6.07) is 8.72. The molecule has 112 valence electrons. The van der Waals surface area contributed by atoms with Gasteiger partial charge in [-0.1, -0.05) is 0 Å². The molecule has 0 spiro atoms. The number of rotatable bonds is 5. The molecule has 0 amide bonds. The van der Waals surface area contributed by atoms with Gasteiger partial charge in [0.05, 0.1) is 10.4 Å². The van der Waals surface area contributed by atoms with Gasteiger partial charge in [-0.05, 0) is 56.0 Å².